The lowest BCUT2D eigenvalue weighted by molar-refractivity contribution is -0.145. The highest BCUT2D eigenvalue weighted by Gasteiger charge is 2.28. The first kappa shape index (κ1) is 42.9. The fourth-order valence-corrected chi connectivity index (χ4v) is 5.22. The van der Waals surface area contributed by atoms with Crippen LogP contribution in [0.4, 0.5) is 0 Å². The second-order valence-electron chi connectivity index (χ2n) is 16.3. The molecule has 0 amide bonds. The second kappa shape index (κ2) is 18.1. The predicted octanol–water partition coefficient (Wildman–Crippen LogP) is 7.52. The highest BCUT2D eigenvalue weighted by Crippen LogP contribution is 2.41. The van der Waals surface area contributed by atoms with Gasteiger partial charge >= 0.3 is 11.9 Å². The molecule has 0 aromatic heterocycles. The van der Waals surface area contributed by atoms with E-state index < -0.39 is 0 Å². The van der Waals surface area contributed by atoms with Crippen LogP contribution in [0.2, 0.25) is 0 Å². The van der Waals surface area contributed by atoms with E-state index >= 15 is 0 Å². The topological polar surface area (TPSA) is 112 Å². The number of carbonyl (C=O) groups is 2. The number of hydrogen-bond donors (Lipinski definition) is 2. The Morgan fingerprint density at radius 1 is 0.562 bits per heavy atom. The monoisotopic (exact) mass is 672 g/mol. The van der Waals surface area contributed by atoms with Crippen molar-refractivity contribution in [1.82, 2.24) is 0 Å². The van der Waals surface area contributed by atoms with E-state index in [4.69, 9.17) is 29.2 Å². The molecule has 0 radical (unpaired) electrons. The van der Waals surface area contributed by atoms with E-state index in [0.29, 0.717) is 19.3 Å². The summed E-state index contributed by atoms with van der Waals surface area (Å²) in [5.41, 5.74) is 6.65. The van der Waals surface area contributed by atoms with E-state index in [9.17, 15) is 9.59 Å². The summed E-state index contributed by atoms with van der Waals surface area (Å²) in [6.45, 7) is 25.8. The lowest BCUT2D eigenvalue weighted by atomic mass is 9.78. The number of aliphatic hydroxyl groups is 2. The third kappa shape index (κ3) is 13.4. The largest absolute Gasteiger partial charge is 0.496 e. The lowest BCUT2D eigenvalue weighted by Gasteiger charge is -2.30. The van der Waals surface area contributed by atoms with Gasteiger partial charge in [0.15, 0.2) is 0 Å². The molecule has 0 fully saturated rings. The SMILES string of the molecule is COc1c(C(C)(C)C)cc(CCC(=O)OCCO)cc1C(C)(C)C.COc1c(CCC(=O)OCCO)cc(C(C)(C)C)cc1C(C)(C)C. The number of hydrogen-bond acceptors (Lipinski definition) is 8. The standard InChI is InChI=1S/2C20H32O4/c1-19(2,3)15-12-14(8-9-17(22)24-11-10-21)18(23-7)16(13-15)20(4,5)6;1-19(2,3)15-12-14(8-9-17(22)24-11-10-21)13-16(18(15)23-7)20(4,5)6/h2*12-13,21H,8-11H2,1-7H3. The summed E-state index contributed by atoms with van der Waals surface area (Å²) >= 11 is 0. The number of benzene rings is 2. The van der Waals surface area contributed by atoms with Gasteiger partial charge in [-0.25, -0.2) is 0 Å². The van der Waals surface area contributed by atoms with Gasteiger partial charge in [0, 0.05) is 29.5 Å². The molecule has 8 heteroatoms. The van der Waals surface area contributed by atoms with Crippen LogP contribution in [0.3, 0.4) is 0 Å². The van der Waals surface area contributed by atoms with Crippen LogP contribution in [-0.4, -0.2) is 62.8 Å². The van der Waals surface area contributed by atoms with Crippen molar-refractivity contribution in [1.29, 1.82) is 0 Å². The number of methoxy groups -OCH3 is 2. The average Bonchev–Trinajstić information content (AvgIpc) is 2.98. The maximum absolute atomic E-state index is 11.8. The van der Waals surface area contributed by atoms with Crippen molar-refractivity contribution in [3.05, 3.63) is 57.6 Å². The van der Waals surface area contributed by atoms with Crippen LogP contribution in [0.15, 0.2) is 24.3 Å². The van der Waals surface area contributed by atoms with Gasteiger partial charge in [-0.2, -0.15) is 0 Å². The molecule has 2 aromatic rings. The van der Waals surface area contributed by atoms with Crippen molar-refractivity contribution in [2.75, 3.05) is 40.6 Å². The van der Waals surface area contributed by atoms with E-state index in [1.54, 1.807) is 14.2 Å². The molecule has 0 aliphatic heterocycles. The predicted molar refractivity (Wildman–Crippen MR) is 194 cm³/mol. The number of ether oxygens (including phenoxy) is 4. The number of carbonyl (C=O) groups excluding carboxylic acids is 2. The minimum Gasteiger partial charge on any atom is -0.496 e. The fourth-order valence-electron chi connectivity index (χ4n) is 5.22. The van der Waals surface area contributed by atoms with E-state index in [0.717, 1.165) is 39.3 Å². The molecule has 0 aliphatic carbocycles. The summed E-state index contributed by atoms with van der Waals surface area (Å²) in [6.07, 6.45) is 1.74. The van der Waals surface area contributed by atoms with Crippen molar-refractivity contribution in [2.45, 2.75) is 130 Å². The molecular weight excluding hydrogens is 608 g/mol. The van der Waals surface area contributed by atoms with Gasteiger partial charge in [-0.1, -0.05) is 107 Å². The molecule has 48 heavy (non-hydrogen) atoms. The molecule has 0 atom stereocenters. The summed E-state index contributed by atoms with van der Waals surface area (Å²) < 4.78 is 21.3. The van der Waals surface area contributed by atoms with Gasteiger partial charge in [0.25, 0.3) is 0 Å². The Labute approximate surface area is 290 Å². The van der Waals surface area contributed by atoms with Crippen molar-refractivity contribution >= 4 is 11.9 Å². The van der Waals surface area contributed by atoms with Crippen LogP contribution in [0.1, 0.15) is 129 Å². The molecule has 0 saturated carbocycles. The molecule has 0 aliphatic rings. The van der Waals surface area contributed by atoms with Crippen molar-refractivity contribution in [3.63, 3.8) is 0 Å². The molecule has 0 unspecified atom stereocenters. The summed E-state index contributed by atoms with van der Waals surface area (Å²) in [4.78, 5) is 23.5. The highest BCUT2D eigenvalue weighted by atomic mass is 16.5. The molecule has 2 aromatic carbocycles. The second-order valence-corrected chi connectivity index (χ2v) is 16.3. The molecule has 0 bridgehead atoms. The van der Waals surface area contributed by atoms with Gasteiger partial charge in [-0.15, -0.1) is 0 Å². The Balaban J connectivity index is 0.000000480. The number of esters is 2. The van der Waals surface area contributed by atoms with Crippen LogP contribution in [0, 0.1) is 0 Å². The van der Waals surface area contributed by atoms with Gasteiger partial charge in [-0.3, -0.25) is 9.59 Å². The molecule has 272 valence electrons. The summed E-state index contributed by atoms with van der Waals surface area (Å²) in [6, 6.07) is 8.61. The van der Waals surface area contributed by atoms with Crippen LogP contribution >= 0.6 is 0 Å². The molecule has 2 rings (SSSR count). The minimum absolute atomic E-state index is 0.0123. The Bertz CT molecular complexity index is 1280. The molecule has 8 nitrogen and oxygen atoms in total. The third-order valence-corrected chi connectivity index (χ3v) is 7.94. The molecule has 0 saturated heterocycles. The average molecular weight is 673 g/mol. The van der Waals surface area contributed by atoms with Gasteiger partial charge < -0.3 is 29.2 Å². The van der Waals surface area contributed by atoms with Crippen molar-refractivity contribution in [3.8, 4) is 11.5 Å². The Morgan fingerprint density at radius 3 is 1.31 bits per heavy atom. The first-order chi connectivity index (χ1) is 22.0. The number of aliphatic hydroxyl groups excluding tert-OH is 2. The van der Waals surface area contributed by atoms with E-state index in [1.807, 2.05) is 0 Å². The normalized spacial score (nSPS) is 12.2. The minimum atomic E-state index is -0.301. The number of rotatable bonds is 12. The highest BCUT2D eigenvalue weighted by molar-refractivity contribution is 5.70. The maximum atomic E-state index is 11.8. The number of aryl methyl sites for hydroxylation is 2. The molecule has 0 spiro atoms. The maximum Gasteiger partial charge on any atom is 0.306 e. The molecule has 2 N–H and O–H groups in total. The van der Waals surface area contributed by atoms with E-state index in [2.05, 4.69) is 107 Å². The lowest BCUT2D eigenvalue weighted by Crippen LogP contribution is -2.20. The summed E-state index contributed by atoms with van der Waals surface area (Å²) in [5.74, 6) is 1.20. The van der Waals surface area contributed by atoms with Crippen LogP contribution in [0.25, 0.3) is 0 Å². The van der Waals surface area contributed by atoms with Crippen LogP contribution < -0.4 is 9.47 Å². The van der Waals surface area contributed by atoms with Crippen LogP contribution in [0.5, 0.6) is 11.5 Å². The Kier molecular flexibility index (Phi) is 16.1. The van der Waals surface area contributed by atoms with Gasteiger partial charge in [0.2, 0.25) is 0 Å². The Hall–Kier alpha value is -3.10. The summed E-state index contributed by atoms with van der Waals surface area (Å²) in [5, 5.41) is 17.5. The van der Waals surface area contributed by atoms with Gasteiger partial charge in [0.1, 0.15) is 24.7 Å². The molecule has 0 heterocycles. The molecular formula is C40H64O8. The van der Waals surface area contributed by atoms with E-state index in [-0.39, 0.29) is 66.4 Å². The van der Waals surface area contributed by atoms with Crippen LogP contribution in [-0.2, 0) is 53.6 Å². The van der Waals surface area contributed by atoms with E-state index in [1.165, 1.54) is 5.56 Å². The van der Waals surface area contributed by atoms with Gasteiger partial charge in [0.05, 0.1) is 27.4 Å². The van der Waals surface area contributed by atoms with Crippen molar-refractivity contribution in [2.24, 2.45) is 0 Å². The van der Waals surface area contributed by atoms with Crippen molar-refractivity contribution < 1.29 is 38.7 Å². The first-order valence-corrected chi connectivity index (χ1v) is 17.0. The summed E-state index contributed by atoms with van der Waals surface area (Å²) in [7, 11) is 3.39. The zero-order valence-electron chi connectivity index (χ0n) is 32.3. The zero-order chi connectivity index (χ0) is 37.1. The first-order valence-electron chi connectivity index (χ1n) is 17.0. The fraction of sp³-hybridized carbons (Fsp3) is 0.650. The zero-order valence-corrected chi connectivity index (χ0v) is 32.3. The Morgan fingerprint density at radius 2 is 0.958 bits per heavy atom. The third-order valence-electron chi connectivity index (χ3n) is 7.94. The quantitative estimate of drug-likeness (QED) is 0.223. The smallest absolute Gasteiger partial charge is 0.306 e. The van der Waals surface area contributed by atoms with Gasteiger partial charge in [-0.05, 0) is 51.2 Å².